The van der Waals surface area contributed by atoms with Crippen LogP contribution in [0.15, 0.2) is 18.2 Å². The molecule has 0 amide bonds. The van der Waals surface area contributed by atoms with Crippen LogP contribution in [0.2, 0.25) is 0 Å². The molecule has 2 N–H and O–H groups in total. The minimum atomic E-state index is -2.02. The van der Waals surface area contributed by atoms with Gasteiger partial charge in [-0.05, 0) is 24.6 Å². The molecule has 1 aromatic rings. The summed E-state index contributed by atoms with van der Waals surface area (Å²) in [6.07, 6.45) is -0.245. The second-order valence-electron chi connectivity index (χ2n) is 3.60. The lowest BCUT2D eigenvalue weighted by molar-refractivity contribution is 0.0941. The quantitative estimate of drug-likeness (QED) is 0.773. The van der Waals surface area contributed by atoms with Crippen molar-refractivity contribution in [1.82, 2.24) is 4.72 Å². The van der Waals surface area contributed by atoms with E-state index in [9.17, 15) is 4.21 Å². The average Bonchev–Trinajstić information content (AvgIpc) is 2.25. The maximum atomic E-state index is 10.4. The van der Waals surface area contributed by atoms with Crippen molar-refractivity contribution in [3.05, 3.63) is 23.8 Å². The topological polar surface area (TPSA) is 67.8 Å². The fraction of sp³-hybridized carbons (Fsp3) is 0.400. The van der Waals surface area contributed by atoms with E-state index in [1.165, 1.54) is 0 Å². The lowest BCUT2D eigenvalue weighted by Crippen LogP contribution is -2.38. The van der Waals surface area contributed by atoms with Crippen LogP contribution in [-0.4, -0.2) is 28.0 Å². The first-order valence-corrected chi connectivity index (χ1v) is 6.00. The predicted octanol–water partition coefficient (Wildman–Crippen LogP) is 0.861. The fourth-order valence-corrected chi connectivity index (χ4v) is 1.82. The normalized spacial score (nSPS) is 20.5. The van der Waals surface area contributed by atoms with Crippen molar-refractivity contribution in [3.8, 4) is 11.5 Å². The smallest absolute Gasteiger partial charge is 0.231 e. The van der Waals surface area contributed by atoms with Gasteiger partial charge in [-0.2, -0.15) is 0 Å². The third kappa shape index (κ3) is 2.72. The Balaban J connectivity index is 2.02. The standard InChI is InChI=1S/C10H13NO4S/c1-7-2-3-9-10(4-7)15-8(6-14-9)5-11-16(12)13/h2-4,8,11H,5-6H2,1H3,(H,12,13)/t8-/m0/s1. The number of fused-ring (bicyclic) bond motifs is 1. The van der Waals surface area contributed by atoms with Crippen molar-refractivity contribution in [2.45, 2.75) is 13.0 Å². The van der Waals surface area contributed by atoms with Gasteiger partial charge >= 0.3 is 0 Å². The van der Waals surface area contributed by atoms with Crippen molar-refractivity contribution in [1.29, 1.82) is 0 Å². The van der Waals surface area contributed by atoms with Gasteiger partial charge in [0.15, 0.2) is 11.5 Å². The summed E-state index contributed by atoms with van der Waals surface area (Å²) in [5, 5.41) is 0. The Labute approximate surface area is 96.2 Å². The van der Waals surface area contributed by atoms with Crippen LogP contribution < -0.4 is 14.2 Å². The van der Waals surface area contributed by atoms with Gasteiger partial charge in [0.25, 0.3) is 0 Å². The number of rotatable bonds is 3. The van der Waals surface area contributed by atoms with Crippen LogP contribution in [-0.2, 0) is 11.3 Å². The van der Waals surface area contributed by atoms with Gasteiger partial charge < -0.3 is 9.47 Å². The predicted molar refractivity (Wildman–Crippen MR) is 59.9 cm³/mol. The first-order valence-electron chi connectivity index (χ1n) is 4.89. The van der Waals surface area contributed by atoms with Crippen LogP contribution >= 0.6 is 0 Å². The summed E-state index contributed by atoms with van der Waals surface area (Å²) in [4.78, 5) is 0. The molecule has 0 aromatic heterocycles. The van der Waals surface area contributed by atoms with E-state index in [-0.39, 0.29) is 12.6 Å². The maximum absolute atomic E-state index is 10.4. The van der Waals surface area contributed by atoms with E-state index >= 15 is 0 Å². The summed E-state index contributed by atoms with van der Waals surface area (Å²) >= 11 is -2.02. The fourth-order valence-electron chi connectivity index (χ4n) is 1.49. The van der Waals surface area contributed by atoms with Crippen LogP contribution in [0.5, 0.6) is 11.5 Å². The molecule has 2 rings (SSSR count). The van der Waals surface area contributed by atoms with Gasteiger partial charge in [-0.3, -0.25) is 4.55 Å². The second-order valence-corrected chi connectivity index (χ2v) is 4.39. The maximum Gasteiger partial charge on any atom is 0.231 e. The zero-order valence-electron chi connectivity index (χ0n) is 8.80. The van der Waals surface area contributed by atoms with Crippen LogP contribution in [0, 0.1) is 6.92 Å². The monoisotopic (exact) mass is 243 g/mol. The van der Waals surface area contributed by atoms with Crippen LogP contribution in [0.25, 0.3) is 0 Å². The molecule has 0 saturated heterocycles. The summed E-state index contributed by atoms with van der Waals surface area (Å²) in [6.45, 7) is 2.62. The highest BCUT2D eigenvalue weighted by molar-refractivity contribution is 7.77. The Kier molecular flexibility index (Phi) is 3.42. The van der Waals surface area contributed by atoms with Crippen molar-refractivity contribution in [2.75, 3.05) is 13.2 Å². The van der Waals surface area contributed by atoms with Gasteiger partial charge in [0, 0.05) is 0 Å². The molecule has 6 heteroatoms. The van der Waals surface area contributed by atoms with Gasteiger partial charge in [-0.1, -0.05) is 6.07 Å². The number of benzene rings is 1. The van der Waals surface area contributed by atoms with Gasteiger partial charge in [-0.25, -0.2) is 8.93 Å². The van der Waals surface area contributed by atoms with Gasteiger partial charge in [-0.15, -0.1) is 0 Å². The molecule has 0 saturated carbocycles. The van der Waals surface area contributed by atoms with E-state index in [1.807, 2.05) is 25.1 Å². The second kappa shape index (κ2) is 4.82. The average molecular weight is 243 g/mol. The third-order valence-electron chi connectivity index (χ3n) is 2.25. The summed E-state index contributed by atoms with van der Waals surface area (Å²) in [6, 6.07) is 5.69. The minimum Gasteiger partial charge on any atom is -0.486 e. The molecule has 1 heterocycles. The molecule has 5 nitrogen and oxygen atoms in total. The summed E-state index contributed by atoms with van der Waals surface area (Å²) in [5.41, 5.74) is 1.08. The van der Waals surface area contributed by atoms with Crippen molar-refractivity contribution >= 4 is 11.3 Å². The molecule has 0 aliphatic carbocycles. The molecule has 0 bridgehead atoms. The lowest BCUT2D eigenvalue weighted by atomic mass is 10.2. The first kappa shape index (κ1) is 11.4. The van der Waals surface area contributed by atoms with Gasteiger partial charge in [0.05, 0.1) is 6.54 Å². The molecular weight excluding hydrogens is 230 g/mol. The van der Waals surface area contributed by atoms with Gasteiger partial charge in [0.2, 0.25) is 11.3 Å². The third-order valence-corrected chi connectivity index (χ3v) is 2.67. The van der Waals surface area contributed by atoms with Crippen LogP contribution in [0.3, 0.4) is 0 Å². The highest BCUT2D eigenvalue weighted by atomic mass is 32.2. The SMILES string of the molecule is Cc1ccc2c(c1)O[C@@H](CNS(=O)O)CO2. The van der Waals surface area contributed by atoms with Crippen LogP contribution in [0.1, 0.15) is 5.56 Å². The Hall–Kier alpha value is -1.11. The lowest BCUT2D eigenvalue weighted by Gasteiger charge is -2.26. The molecular formula is C10H13NO4S. The van der Waals surface area contributed by atoms with E-state index in [2.05, 4.69) is 4.72 Å². The minimum absolute atomic E-state index is 0.245. The highest BCUT2D eigenvalue weighted by Gasteiger charge is 2.21. The van der Waals surface area contributed by atoms with E-state index < -0.39 is 11.3 Å². The zero-order valence-corrected chi connectivity index (χ0v) is 9.62. The largest absolute Gasteiger partial charge is 0.486 e. The van der Waals surface area contributed by atoms with Gasteiger partial charge in [0.1, 0.15) is 12.7 Å². The van der Waals surface area contributed by atoms with Crippen LogP contribution in [0.4, 0.5) is 0 Å². The zero-order chi connectivity index (χ0) is 11.5. The summed E-state index contributed by atoms with van der Waals surface area (Å²) in [7, 11) is 0. The van der Waals surface area contributed by atoms with Crippen molar-refractivity contribution < 1.29 is 18.2 Å². The van der Waals surface area contributed by atoms with E-state index in [0.29, 0.717) is 18.1 Å². The number of hydrogen-bond acceptors (Lipinski definition) is 3. The van der Waals surface area contributed by atoms with Crippen molar-refractivity contribution in [2.24, 2.45) is 0 Å². The number of ether oxygens (including phenoxy) is 2. The number of aryl methyl sites for hydroxylation is 1. The van der Waals surface area contributed by atoms with Crippen molar-refractivity contribution in [3.63, 3.8) is 0 Å². The molecule has 0 fully saturated rings. The molecule has 16 heavy (non-hydrogen) atoms. The van der Waals surface area contributed by atoms with E-state index in [4.69, 9.17) is 14.0 Å². The molecule has 1 aliphatic heterocycles. The highest BCUT2D eigenvalue weighted by Crippen LogP contribution is 2.32. The number of nitrogens with one attached hydrogen (secondary N) is 1. The Morgan fingerprint density at radius 3 is 3.12 bits per heavy atom. The molecule has 1 aromatic carbocycles. The Morgan fingerprint density at radius 1 is 1.56 bits per heavy atom. The molecule has 1 aliphatic rings. The molecule has 0 spiro atoms. The van der Waals surface area contributed by atoms with E-state index in [1.54, 1.807) is 0 Å². The van der Waals surface area contributed by atoms with E-state index in [0.717, 1.165) is 5.56 Å². The Bertz CT molecular complexity index is 410. The first-order chi connectivity index (χ1) is 7.65. The Morgan fingerprint density at radius 2 is 2.38 bits per heavy atom. The molecule has 2 atom stereocenters. The summed E-state index contributed by atoms with van der Waals surface area (Å²) < 4.78 is 32.5. The molecule has 1 unspecified atom stereocenters. The summed E-state index contributed by atoms with van der Waals surface area (Å²) in [5.74, 6) is 1.40. The molecule has 88 valence electrons. The number of hydrogen-bond donors (Lipinski definition) is 2. The molecule has 0 radical (unpaired) electrons.